The van der Waals surface area contributed by atoms with Gasteiger partial charge in [-0.1, -0.05) is 24.3 Å². The van der Waals surface area contributed by atoms with E-state index in [0.29, 0.717) is 29.7 Å². The van der Waals surface area contributed by atoms with Crippen LogP contribution in [-0.2, 0) is 16.7 Å². The predicted molar refractivity (Wildman–Crippen MR) is 116 cm³/mol. The van der Waals surface area contributed by atoms with E-state index >= 15 is 4.39 Å². The number of aliphatic hydroxyl groups is 1. The highest BCUT2D eigenvalue weighted by Crippen LogP contribution is 2.39. The van der Waals surface area contributed by atoms with Gasteiger partial charge in [-0.05, 0) is 36.8 Å². The Hall–Kier alpha value is -2.60. The van der Waals surface area contributed by atoms with Crippen molar-refractivity contribution in [2.24, 2.45) is 5.92 Å². The molecule has 0 saturated heterocycles. The second-order valence-electron chi connectivity index (χ2n) is 8.52. The minimum absolute atomic E-state index is 0.0382. The fourth-order valence-electron chi connectivity index (χ4n) is 5.03. The molecular weight excluding hydrogens is 437 g/mol. The average molecular weight is 462 g/mol. The van der Waals surface area contributed by atoms with Gasteiger partial charge in [0, 0.05) is 24.7 Å². The van der Waals surface area contributed by atoms with Crippen LogP contribution in [0.4, 0.5) is 10.2 Å². The van der Waals surface area contributed by atoms with E-state index in [-0.39, 0.29) is 18.6 Å². The molecule has 0 unspecified atom stereocenters. The summed E-state index contributed by atoms with van der Waals surface area (Å²) >= 11 is 0. The number of hydrogen-bond donors (Lipinski definition) is 4. The number of halogens is 1. The lowest BCUT2D eigenvalue weighted by Crippen LogP contribution is -2.31. The minimum atomic E-state index is -4.34. The quantitative estimate of drug-likeness (QED) is 0.415. The molecular formula is C21H24FN5O4S. The number of anilines is 1. The van der Waals surface area contributed by atoms with E-state index in [1.54, 1.807) is 4.57 Å². The smallest absolute Gasteiger partial charge is 0.333 e. The Labute approximate surface area is 184 Å². The number of aryl methyl sites for hydroxylation is 1. The van der Waals surface area contributed by atoms with Crippen LogP contribution >= 0.6 is 0 Å². The second-order valence-corrected chi connectivity index (χ2v) is 9.75. The topological polar surface area (TPSA) is 129 Å². The van der Waals surface area contributed by atoms with Gasteiger partial charge in [0.1, 0.15) is 17.8 Å². The van der Waals surface area contributed by atoms with Crippen LogP contribution in [0.15, 0.2) is 36.8 Å². The molecule has 2 aliphatic rings. The van der Waals surface area contributed by atoms with Gasteiger partial charge in [0.2, 0.25) is 0 Å². The Kier molecular flexibility index (Phi) is 5.36. The van der Waals surface area contributed by atoms with Gasteiger partial charge < -0.3 is 15.0 Å². The third-order valence-electron chi connectivity index (χ3n) is 6.56. The monoisotopic (exact) mass is 461 g/mol. The molecule has 0 spiro atoms. The summed E-state index contributed by atoms with van der Waals surface area (Å²) in [6.07, 6.45) is 4.55. The van der Waals surface area contributed by atoms with Gasteiger partial charge >= 0.3 is 10.3 Å². The van der Waals surface area contributed by atoms with Crippen molar-refractivity contribution < 1.29 is 22.5 Å². The first-order valence-corrected chi connectivity index (χ1v) is 12.0. The summed E-state index contributed by atoms with van der Waals surface area (Å²) < 4.78 is 49.6. The maximum Gasteiger partial charge on any atom is 0.333 e. The molecule has 1 aromatic carbocycles. The van der Waals surface area contributed by atoms with Crippen LogP contribution in [0.1, 0.15) is 42.5 Å². The second kappa shape index (κ2) is 8.07. The largest absolute Gasteiger partial charge is 0.393 e. The number of hydrogen-bond acceptors (Lipinski definition) is 6. The van der Waals surface area contributed by atoms with E-state index in [4.69, 9.17) is 4.55 Å². The first-order chi connectivity index (χ1) is 15.3. The van der Waals surface area contributed by atoms with Crippen molar-refractivity contribution in [2.45, 2.75) is 43.9 Å². The van der Waals surface area contributed by atoms with Crippen LogP contribution in [-0.4, -0.2) is 45.3 Å². The molecule has 3 aromatic rings. The van der Waals surface area contributed by atoms with Gasteiger partial charge in [0.15, 0.2) is 5.82 Å². The van der Waals surface area contributed by atoms with E-state index in [1.807, 2.05) is 16.9 Å². The molecule has 0 amide bonds. The summed E-state index contributed by atoms with van der Waals surface area (Å²) in [5.74, 6) is -0.434. The van der Waals surface area contributed by atoms with E-state index < -0.39 is 28.1 Å². The van der Waals surface area contributed by atoms with Crippen molar-refractivity contribution in [3.8, 4) is 0 Å². The summed E-state index contributed by atoms with van der Waals surface area (Å²) in [6, 6.07) is 7.95. The molecule has 0 radical (unpaired) electrons. The molecule has 5 rings (SSSR count). The van der Waals surface area contributed by atoms with E-state index in [0.717, 1.165) is 12.8 Å². The summed E-state index contributed by atoms with van der Waals surface area (Å²) in [5.41, 5.74) is 2.89. The predicted octanol–water partition coefficient (Wildman–Crippen LogP) is 2.37. The number of nitrogens with one attached hydrogen (secondary N) is 2. The summed E-state index contributed by atoms with van der Waals surface area (Å²) in [7, 11) is -4.34. The van der Waals surface area contributed by atoms with Gasteiger partial charge in [-0.25, -0.2) is 14.4 Å². The van der Waals surface area contributed by atoms with Crippen molar-refractivity contribution in [3.63, 3.8) is 0 Å². The van der Waals surface area contributed by atoms with Crippen LogP contribution in [0.2, 0.25) is 0 Å². The number of benzene rings is 1. The van der Waals surface area contributed by atoms with Crippen molar-refractivity contribution in [1.82, 2.24) is 19.3 Å². The van der Waals surface area contributed by atoms with Gasteiger partial charge in [-0.15, -0.1) is 0 Å². The van der Waals surface area contributed by atoms with Gasteiger partial charge in [0.05, 0.1) is 17.5 Å². The van der Waals surface area contributed by atoms with Gasteiger partial charge in [-0.3, -0.25) is 4.55 Å². The molecule has 2 aromatic heterocycles. The Bertz CT molecular complexity index is 1260. The zero-order chi connectivity index (χ0) is 22.5. The molecule has 4 N–H and O–H groups in total. The number of fused-ring (bicyclic) bond motifs is 2. The normalized spacial score (nSPS) is 25.3. The molecule has 0 bridgehead atoms. The van der Waals surface area contributed by atoms with Crippen LogP contribution in [0, 0.1) is 11.7 Å². The Morgan fingerprint density at radius 2 is 2.03 bits per heavy atom. The van der Waals surface area contributed by atoms with Crippen molar-refractivity contribution >= 4 is 27.2 Å². The first kappa shape index (κ1) is 21.3. The fraction of sp³-hybridized carbons (Fsp3) is 0.429. The van der Waals surface area contributed by atoms with Gasteiger partial charge in [0.25, 0.3) is 0 Å². The molecule has 4 atom stereocenters. The van der Waals surface area contributed by atoms with Crippen molar-refractivity contribution in [1.29, 1.82) is 0 Å². The number of nitrogens with zero attached hydrogens (tertiary/aromatic N) is 3. The van der Waals surface area contributed by atoms with E-state index in [1.165, 1.54) is 23.7 Å². The molecule has 2 heterocycles. The highest BCUT2D eigenvalue weighted by molar-refractivity contribution is 7.83. The highest BCUT2D eigenvalue weighted by Gasteiger charge is 2.36. The molecule has 2 aliphatic carbocycles. The standard InChI is InChI=1S/C21H24FN5O4S/c22-16-10-27(14-7-13(18(28)8-14)9-25-32(29,30)31)21-19(16)20(23-11-24-21)26-17-6-5-12-3-1-2-4-15(12)17/h1-4,10-11,13-14,17-18,25,28H,5-9H2,(H,23,24,26)(H,29,30,31)/t13-,14+,17-,18-/m0/s1. The molecule has 1 saturated carbocycles. The Balaban J connectivity index is 1.41. The minimum Gasteiger partial charge on any atom is -0.393 e. The summed E-state index contributed by atoms with van der Waals surface area (Å²) in [4.78, 5) is 8.60. The number of rotatable bonds is 6. The Morgan fingerprint density at radius 1 is 1.22 bits per heavy atom. The highest BCUT2D eigenvalue weighted by atomic mass is 32.2. The van der Waals surface area contributed by atoms with Crippen LogP contribution in [0.3, 0.4) is 0 Å². The molecule has 32 heavy (non-hydrogen) atoms. The third kappa shape index (κ3) is 3.96. The lowest BCUT2D eigenvalue weighted by molar-refractivity contribution is 0.133. The maximum absolute atomic E-state index is 15.1. The number of aromatic nitrogens is 3. The summed E-state index contributed by atoms with van der Waals surface area (Å²) in [6.45, 7) is -0.0962. The molecule has 170 valence electrons. The van der Waals surface area contributed by atoms with Crippen LogP contribution in [0.25, 0.3) is 11.0 Å². The van der Waals surface area contributed by atoms with Crippen molar-refractivity contribution in [2.75, 3.05) is 11.9 Å². The Morgan fingerprint density at radius 3 is 2.84 bits per heavy atom. The molecule has 9 nitrogen and oxygen atoms in total. The SMILES string of the molecule is O=S(=O)(O)NC[C@@H]1C[C@@H](n2cc(F)c3c(N[C@H]4CCc5ccccc54)ncnc32)C[C@@H]1O. The maximum atomic E-state index is 15.1. The van der Waals surface area contributed by atoms with Gasteiger partial charge in [-0.2, -0.15) is 13.1 Å². The lowest BCUT2D eigenvalue weighted by Gasteiger charge is -2.16. The summed E-state index contributed by atoms with van der Waals surface area (Å²) in [5, 5.41) is 14.0. The molecule has 1 fully saturated rings. The van der Waals surface area contributed by atoms with Crippen LogP contribution in [0.5, 0.6) is 0 Å². The van der Waals surface area contributed by atoms with E-state index in [2.05, 4.69) is 27.4 Å². The van der Waals surface area contributed by atoms with Crippen molar-refractivity contribution in [3.05, 3.63) is 53.7 Å². The van der Waals surface area contributed by atoms with E-state index in [9.17, 15) is 13.5 Å². The lowest BCUT2D eigenvalue weighted by atomic mass is 10.1. The number of aliphatic hydroxyl groups excluding tert-OH is 1. The third-order valence-corrected chi connectivity index (χ3v) is 7.09. The molecule has 0 aliphatic heterocycles. The first-order valence-electron chi connectivity index (χ1n) is 10.6. The van der Waals surface area contributed by atoms with Crippen LogP contribution < -0.4 is 10.0 Å². The average Bonchev–Trinajstić information content (AvgIpc) is 3.42. The zero-order valence-corrected chi connectivity index (χ0v) is 18.0. The fourth-order valence-corrected chi connectivity index (χ4v) is 5.46. The zero-order valence-electron chi connectivity index (χ0n) is 17.1. The molecule has 11 heteroatoms.